The van der Waals surface area contributed by atoms with Crippen LogP contribution in [0.5, 0.6) is 0 Å². The summed E-state index contributed by atoms with van der Waals surface area (Å²) in [4.78, 5) is 0. The second-order valence-electron chi connectivity index (χ2n) is 5.85. The molecule has 2 unspecified atom stereocenters. The van der Waals surface area contributed by atoms with Crippen molar-refractivity contribution in [2.75, 3.05) is 6.54 Å². The largest absolute Gasteiger partial charge is 0.313 e. The summed E-state index contributed by atoms with van der Waals surface area (Å²) >= 11 is 12.8. The van der Waals surface area contributed by atoms with Crippen LogP contribution in [0.4, 0.5) is 0 Å². The molecule has 1 N–H and O–H groups in total. The predicted octanol–water partition coefficient (Wildman–Crippen LogP) is 4.41. The maximum atomic E-state index is 6.41. The lowest BCUT2D eigenvalue weighted by Crippen LogP contribution is -2.51. The third kappa shape index (κ3) is 2.07. The summed E-state index contributed by atoms with van der Waals surface area (Å²) in [6, 6.07) is 6.59. The van der Waals surface area contributed by atoms with Crippen molar-refractivity contribution in [1.29, 1.82) is 0 Å². The zero-order valence-electron chi connectivity index (χ0n) is 10.7. The highest BCUT2D eigenvalue weighted by Gasteiger charge is 2.47. The first-order valence-electron chi connectivity index (χ1n) is 6.81. The predicted molar refractivity (Wildman–Crippen MR) is 77.6 cm³/mol. The molecule has 2 saturated carbocycles. The molecule has 98 valence electrons. The van der Waals surface area contributed by atoms with E-state index in [1.165, 1.54) is 31.2 Å². The number of benzene rings is 1. The highest BCUT2D eigenvalue weighted by molar-refractivity contribution is 6.36. The van der Waals surface area contributed by atoms with E-state index in [4.69, 9.17) is 23.2 Å². The van der Waals surface area contributed by atoms with Gasteiger partial charge in [0.15, 0.2) is 0 Å². The van der Waals surface area contributed by atoms with Crippen molar-refractivity contribution in [1.82, 2.24) is 5.32 Å². The molecule has 0 heterocycles. The van der Waals surface area contributed by atoms with Gasteiger partial charge < -0.3 is 5.32 Å². The van der Waals surface area contributed by atoms with Gasteiger partial charge in [-0.05, 0) is 49.3 Å². The van der Waals surface area contributed by atoms with Gasteiger partial charge >= 0.3 is 0 Å². The lowest BCUT2D eigenvalue weighted by atomic mass is 9.57. The van der Waals surface area contributed by atoms with Crippen molar-refractivity contribution < 1.29 is 0 Å². The first-order chi connectivity index (χ1) is 8.63. The summed E-state index contributed by atoms with van der Waals surface area (Å²) in [5, 5.41) is 5.32. The molecule has 2 aliphatic carbocycles. The zero-order valence-corrected chi connectivity index (χ0v) is 12.2. The average Bonchev–Trinajstić information content (AvgIpc) is 3.15. The number of hydrogen-bond acceptors (Lipinski definition) is 1. The monoisotopic (exact) mass is 283 g/mol. The SMILES string of the molecule is CC1CCC1(CNC1CC1)c1c(Cl)cccc1Cl. The van der Waals surface area contributed by atoms with Crippen LogP contribution >= 0.6 is 23.2 Å². The lowest BCUT2D eigenvalue weighted by Gasteiger charge is -2.49. The van der Waals surface area contributed by atoms with Crippen LogP contribution in [0, 0.1) is 5.92 Å². The third-order valence-electron chi connectivity index (χ3n) is 4.71. The van der Waals surface area contributed by atoms with Crippen LogP contribution in [0.15, 0.2) is 18.2 Å². The van der Waals surface area contributed by atoms with E-state index in [1.54, 1.807) is 0 Å². The Morgan fingerprint density at radius 3 is 2.33 bits per heavy atom. The summed E-state index contributed by atoms with van der Waals surface area (Å²) in [6.07, 6.45) is 5.10. The van der Waals surface area contributed by atoms with E-state index in [2.05, 4.69) is 12.2 Å². The Bertz CT molecular complexity index is 436. The van der Waals surface area contributed by atoms with Gasteiger partial charge in [0.25, 0.3) is 0 Å². The molecule has 1 nitrogen and oxygen atoms in total. The van der Waals surface area contributed by atoms with E-state index in [0.717, 1.165) is 22.6 Å². The number of nitrogens with one attached hydrogen (secondary N) is 1. The fraction of sp³-hybridized carbons (Fsp3) is 0.600. The molecule has 3 rings (SSSR count). The minimum absolute atomic E-state index is 0.151. The molecule has 1 aromatic carbocycles. The minimum Gasteiger partial charge on any atom is -0.313 e. The fourth-order valence-corrected chi connectivity index (χ4v) is 3.87. The average molecular weight is 284 g/mol. The van der Waals surface area contributed by atoms with E-state index in [0.29, 0.717) is 5.92 Å². The molecule has 0 saturated heterocycles. The minimum atomic E-state index is 0.151. The van der Waals surface area contributed by atoms with Gasteiger partial charge in [0.1, 0.15) is 0 Å². The molecule has 0 amide bonds. The molecule has 18 heavy (non-hydrogen) atoms. The smallest absolute Gasteiger partial charge is 0.0459 e. The van der Waals surface area contributed by atoms with E-state index in [9.17, 15) is 0 Å². The first-order valence-corrected chi connectivity index (χ1v) is 7.57. The Morgan fingerprint density at radius 1 is 1.22 bits per heavy atom. The van der Waals surface area contributed by atoms with Gasteiger partial charge in [-0.1, -0.05) is 36.2 Å². The van der Waals surface area contributed by atoms with Crippen LogP contribution in [-0.4, -0.2) is 12.6 Å². The van der Waals surface area contributed by atoms with Gasteiger partial charge in [-0.2, -0.15) is 0 Å². The Morgan fingerprint density at radius 2 is 1.89 bits per heavy atom. The third-order valence-corrected chi connectivity index (χ3v) is 5.34. The molecule has 0 aromatic heterocycles. The maximum absolute atomic E-state index is 6.41. The van der Waals surface area contributed by atoms with Crippen LogP contribution in [-0.2, 0) is 5.41 Å². The van der Waals surface area contributed by atoms with Crippen molar-refractivity contribution in [2.45, 2.75) is 44.1 Å². The summed E-state index contributed by atoms with van der Waals surface area (Å²) in [5.41, 5.74) is 1.32. The van der Waals surface area contributed by atoms with E-state index in [1.807, 2.05) is 18.2 Å². The quantitative estimate of drug-likeness (QED) is 0.863. The maximum Gasteiger partial charge on any atom is 0.0459 e. The molecule has 0 bridgehead atoms. The van der Waals surface area contributed by atoms with Crippen molar-refractivity contribution in [3.05, 3.63) is 33.8 Å². The molecule has 2 aliphatic rings. The lowest BCUT2D eigenvalue weighted by molar-refractivity contribution is 0.134. The van der Waals surface area contributed by atoms with Crippen molar-refractivity contribution in [3.63, 3.8) is 0 Å². The van der Waals surface area contributed by atoms with Gasteiger partial charge in [0, 0.05) is 28.0 Å². The highest BCUT2D eigenvalue weighted by Crippen LogP contribution is 2.52. The van der Waals surface area contributed by atoms with E-state index < -0.39 is 0 Å². The molecule has 0 radical (unpaired) electrons. The molecular weight excluding hydrogens is 265 g/mol. The fourth-order valence-electron chi connectivity index (χ4n) is 3.09. The van der Waals surface area contributed by atoms with Crippen LogP contribution in [0.1, 0.15) is 38.2 Å². The van der Waals surface area contributed by atoms with Gasteiger partial charge in [0.05, 0.1) is 0 Å². The summed E-state index contributed by atoms with van der Waals surface area (Å²) < 4.78 is 0. The van der Waals surface area contributed by atoms with Crippen molar-refractivity contribution >= 4 is 23.2 Å². The molecule has 1 aromatic rings. The highest BCUT2D eigenvalue weighted by atomic mass is 35.5. The van der Waals surface area contributed by atoms with Crippen molar-refractivity contribution in [3.8, 4) is 0 Å². The van der Waals surface area contributed by atoms with Crippen LogP contribution < -0.4 is 5.32 Å². The van der Waals surface area contributed by atoms with Crippen LogP contribution in [0.2, 0.25) is 10.0 Å². The second kappa shape index (κ2) is 4.70. The van der Waals surface area contributed by atoms with Gasteiger partial charge in [0.2, 0.25) is 0 Å². The molecule has 3 heteroatoms. The van der Waals surface area contributed by atoms with Crippen LogP contribution in [0.3, 0.4) is 0 Å². The molecule has 2 atom stereocenters. The topological polar surface area (TPSA) is 12.0 Å². The molecule has 0 aliphatic heterocycles. The number of rotatable bonds is 4. The molecule has 2 fully saturated rings. The Labute approximate surface area is 119 Å². The normalized spacial score (nSPS) is 31.2. The van der Waals surface area contributed by atoms with Crippen LogP contribution in [0.25, 0.3) is 0 Å². The zero-order chi connectivity index (χ0) is 12.8. The Balaban J connectivity index is 1.92. The Kier molecular flexibility index (Phi) is 3.34. The summed E-state index contributed by atoms with van der Waals surface area (Å²) in [6.45, 7) is 3.33. The second-order valence-corrected chi connectivity index (χ2v) is 6.66. The van der Waals surface area contributed by atoms with Gasteiger partial charge in [-0.25, -0.2) is 0 Å². The summed E-state index contributed by atoms with van der Waals surface area (Å²) in [7, 11) is 0. The number of hydrogen-bond donors (Lipinski definition) is 1. The number of halogens is 2. The van der Waals surface area contributed by atoms with Crippen molar-refractivity contribution in [2.24, 2.45) is 5.92 Å². The molecule has 0 spiro atoms. The standard InChI is InChI=1S/C15H19Cl2N/c1-10-7-8-15(10,9-18-11-5-6-11)14-12(16)3-2-4-13(14)17/h2-4,10-11,18H,5-9H2,1H3. The summed E-state index contributed by atoms with van der Waals surface area (Å²) in [5.74, 6) is 0.654. The Hall–Kier alpha value is -0.240. The van der Waals surface area contributed by atoms with Gasteiger partial charge in [-0.3, -0.25) is 0 Å². The molecular formula is C15H19Cl2N. The van der Waals surface area contributed by atoms with E-state index >= 15 is 0 Å². The van der Waals surface area contributed by atoms with Gasteiger partial charge in [-0.15, -0.1) is 0 Å². The first kappa shape index (κ1) is 12.8. The van der Waals surface area contributed by atoms with E-state index in [-0.39, 0.29) is 5.41 Å².